The van der Waals surface area contributed by atoms with Crippen LogP contribution in [-0.4, -0.2) is 62.5 Å². The van der Waals surface area contributed by atoms with Gasteiger partial charge in [-0.15, -0.1) is 11.3 Å². The van der Waals surface area contributed by atoms with Gasteiger partial charge < -0.3 is 20.4 Å². The molecule has 1 aromatic carbocycles. The van der Waals surface area contributed by atoms with Crippen LogP contribution in [0.2, 0.25) is 0 Å². The molecule has 2 aromatic rings. The molecule has 0 saturated carbocycles. The largest absolute Gasteiger partial charge is 0.375 e. The molecule has 7 nitrogen and oxygen atoms in total. The quantitative estimate of drug-likeness (QED) is 0.382. The first-order valence-corrected chi connectivity index (χ1v) is 10.2. The van der Waals surface area contributed by atoms with Gasteiger partial charge in [0.05, 0.1) is 6.54 Å². The number of likely N-dealkylation sites (N-methyl/N-ethyl adjacent to an activating group) is 1. The lowest BCUT2D eigenvalue weighted by atomic mass is 10.3. The van der Waals surface area contributed by atoms with E-state index in [1.165, 1.54) is 10.6 Å². The molecule has 0 unspecified atom stereocenters. The van der Waals surface area contributed by atoms with E-state index in [-0.39, 0.29) is 12.5 Å². The molecule has 152 valence electrons. The molecule has 1 heterocycles. The van der Waals surface area contributed by atoms with Crippen molar-refractivity contribution < 1.29 is 4.79 Å². The van der Waals surface area contributed by atoms with E-state index in [4.69, 9.17) is 0 Å². The lowest BCUT2D eigenvalue weighted by Gasteiger charge is -2.19. The van der Waals surface area contributed by atoms with Crippen molar-refractivity contribution in [2.24, 2.45) is 4.99 Å². The first-order chi connectivity index (χ1) is 13.5. The summed E-state index contributed by atoms with van der Waals surface area (Å²) in [6, 6.07) is 10.3. The zero-order valence-electron chi connectivity index (χ0n) is 17.1. The number of guanidine groups is 1. The van der Waals surface area contributed by atoms with Crippen molar-refractivity contribution in [1.29, 1.82) is 0 Å². The zero-order valence-corrected chi connectivity index (χ0v) is 17.9. The number of rotatable bonds is 9. The highest BCUT2D eigenvalue weighted by Crippen LogP contribution is 2.11. The number of aryl methyl sites for hydroxylation is 1. The SMILES string of the molecule is Cc1cnc(CNC(=NCC(=O)N(C)C)NCCCN(C)c2ccccc2)s1. The molecule has 0 spiro atoms. The zero-order chi connectivity index (χ0) is 20.4. The number of para-hydroxylation sites is 1. The minimum atomic E-state index is -0.0324. The monoisotopic (exact) mass is 402 g/mol. The minimum Gasteiger partial charge on any atom is -0.375 e. The summed E-state index contributed by atoms with van der Waals surface area (Å²) in [6.07, 6.45) is 2.81. The molecule has 0 radical (unpaired) electrons. The first-order valence-electron chi connectivity index (χ1n) is 9.35. The van der Waals surface area contributed by atoms with Crippen LogP contribution in [0.15, 0.2) is 41.5 Å². The second-order valence-electron chi connectivity index (χ2n) is 6.71. The van der Waals surface area contributed by atoms with Crippen molar-refractivity contribution in [3.63, 3.8) is 0 Å². The number of hydrogen-bond acceptors (Lipinski definition) is 5. The van der Waals surface area contributed by atoms with E-state index in [1.807, 2.05) is 31.3 Å². The highest BCUT2D eigenvalue weighted by Gasteiger charge is 2.06. The van der Waals surface area contributed by atoms with Crippen molar-refractivity contribution in [3.8, 4) is 0 Å². The van der Waals surface area contributed by atoms with Crippen molar-refractivity contribution in [2.75, 3.05) is 45.7 Å². The van der Waals surface area contributed by atoms with Crippen molar-refractivity contribution in [2.45, 2.75) is 19.9 Å². The standard InChI is InChI=1S/C20H30N6OS/c1-16-13-22-18(28-16)14-23-20(24-15-19(27)25(2)3)21-11-8-12-26(4)17-9-6-5-7-10-17/h5-7,9-10,13H,8,11-12,14-15H2,1-4H3,(H2,21,23,24). The predicted octanol–water partition coefficient (Wildman–Crippen LogP) is 2.10. The van der Waals surface area contributed by atoms with E-state index in [0.29, 0.717) is 12.5 Å². The number of carbonyl (C=O) groups excluding carboxylic acids is 1. The Morgan fingerprint density at radius 1 is 1.18 bits per heavy atom. The van der Waals surface area contributed by atoms with Gasteiger partial charge in [-0.3, -0.25) is 4.79 Å². The van der Waals surface area contributed by atoms with E-state index >= 15 is 0 Å². The van der Waals surface area contributed by atoms with Crippen LogP contribution in [0.5, 0.6) is 0 Å². The highest BCUT2D eigenvalue weighted by atomic mass is 32.1. The molecule has 1 amide bonds. The van der Waals surface area contributed by atoms with Crippen LogP contribution < -0.4 is 15.5 Å². The molecule has 0 aliphatic rings. The van der Waals surface area contributed by atoms with Gasteiger partial charge in [-0.2, -0.15) is 0 Å². The van der Waals surface area contributed by atoms with Crippen molar-refractivity contribution >= 4 is 28.9 Å². The fourth-order valence-electron chi connectivity index (χ4n) is 2.44. The molecule has 1 aromatic heterocycles. The van der Waals surface area contributed by atoms with Crippen LogP contribution in [0.25, 0.3) is 0 Å². The number of hydrogen-bond donors (Lipinski definition) is 2. The summed E-state index contributed by atoms with van der Waals surface area (Å²) >= 11 is 1.65. The third-order valence-corrected chi connectivity index (χ3v) is 5.02. The summed E-state index contributed by atoms with van der Waals surface area (Å²) in [5.41, 5.74) is 1.20. The molecule has 8 heteroatoms. The number of carbonyl (C=O) groups is 1. The van der Waals surface area contributed by atoms with Crippen LogP contribution in [0.1, 0.15) is 16.3 Å². The van der Waals surface area contributed by atoms with Gasteiger partial charge in [-0.25, -0.2) is 9.98 Å². The second kappa shape index (κ2) is 11.3. The molecule has 0 aliphatic heterocycles. The third-order valence-electron chi connectivity index (χ3n) is 4.11. The Morgan fingerprint density at radius 3 is 2.57 bits per heavy atom. The van der Waals surface area contributed by atoms with Gasteiger partial charge in [-0.1, -0.05) is 18.2 Å². The average Bonchev–Trinajstić information content (AvgIpc) is 3.11. The minimum absolute atomic E-state index is 0.0324. The molecular weight excluding hydrogens is 372 g/mol. The summed E-state index contributed by atoms with van der Waals surface area (Å²) < 4.78 is 0. The Hall–Kier alpha value is -2.61. The highest BCUT2D eigenvalue weighted by molar-refractivity contribution is 7.11. The van der Waals surface area contributed by atoms with Crippen LogP contribution in [0, 0.1) is 6.92 Å². The third kappa shape index (κ3) is 7.56. The smallest absolute Gasteiger partial charge is 0.243 e. The molecule has 0 saturated heterocycles. The first kappa shape index (κ1) is 21.7. The van der Waals surface area contributed by atoms with Crippen LogP contribution in [0.4, 0.5) is 5.69 Å². The van der Waals surface area contributed by atoms with Gasteiger partial charge in [0.1, 0.15) is 11.6 Å². The van der Waals surface area contributed by atoms with Gasteiger partial charge in [0.2, 0.25) is 5.91 Å². The number of benzene rings is 1. The van der Waals surface area contributed by atoms with Crippen molar-refractivity contribution in [1.82, 2.24) is 20.5 Å². The van der Waals surface area contributed by atoms with Gasteiger partial charge in [0, 0.05) is 51.0 Å². The number of aromatic nitrogens is 1. The van der Waals surface area contributed by atoms with Gasteiger partial charge in [0.15, 0.2) is 5.96 Å². The summed E-state index contributed by atoms with van der Waals surface area (Å²) in [4.78, 5) is 25.6. The number of nitrogens with one attached hydrogen (secondary N) is 2. The maximum Gasteiger partial charge on any atom is 0.243 e. The van der Waals surface area contributed by atoms with Crippen LogP contribution >= 0.6 is 11.3 Å². The second-order valence-corrected chi connectivity index (χ2v) is 8.03. The molecule has 2 N–H and O–H groups in total. The van der Waals surface area contributed by atoms with Crippen molar-refractivity contribution in [3.05, 3.63) is 46.4 Å². The van der Waals surface area contributed by atoms with Gasteiger partial charge in [0.25, 0.3) is 0 Å². The molecule has 0 bridgehead atoms. The van der Waals surface area contributed by atoms with Crippen LogP contribution in [0.3, 0.4) is 0 Å². The van der Waals surface area contributed by atoms with E-state index in [2.05, 4.69) is 44.7 Å². The lowest BCUT2D eigenvalue weighted by Crippen LogP contribution is -2.39. The Morgan fingerprint density at radius 2 is 1.93 bits per heavy atom. The number of anilines is 1. The maximum atomic E-state index is 11.8. The number of nitrogens with zero attached hydrogens (tertiary/aromatic N) is 4. The van der Waals surface area contributed by atoms with E-state index in [9.17, 15) is 4.79 Å². The van der Waals surface area contributed by atoms with Gasteiger partial charge >= 0.3 is 0 Å². The van der Waals surface area contributed by atoms with E-state index < -0.39 is 0 Å². The summed E-state index contributed by atoms with van der Waals surface area (Å²) in [6.45, 7) is 4.42. The Labute approximate surface area is 171 Å². The Bertz CT molecular complexity index is 759. The van der Waals surface area contributed by atoms with Crippen LogP contribution in [-0.2, 0) is 11.3 Å². The van der Waals surface area contributed by atoms with E-state index in [1.54, 1.807) is 30.3 Å². The Balaban J connectivity index is 1.83. The normalized spacial score (nSPS) is 11.2. The molecule has 0 atom stereocenters. The molecule has 0 aliphatic carbocycles. The molecular formula is C20H30N6OS. The number of amides is 1. The number of thiazole rings is 1. The fraction of sp³-hybridized carbons (Fsp3) is 0.450. The maximum absolute atomic E-state index is 11.8. The van der Waals surface area contributed by atoms with Gasteiger partial charge in [-0.05, 0) is 25.5 Å². The average molecular weight is 403 g/mol. The molecule has 0 fully saturated rings. The number of aliphatic imine (C=N–C) groups is 1. The van der Waals surface area contributed by atoms with E-state index in [0.717, 1.165) is 24.5 Å². The topological polar surface area (TPSA) is 72.9 Å². The summed E-state index contributed by atoms with van der Waals surface area (Å²) in [5, 5.41) is 7.58. The lowest BCUT2D eigenvalue weighted by molar-refractivity contribution is -0.127. The molecule has 28 heavy (non-hydrogen) atoms. The Kier molecular flexibility index (Phi) is 8.74. The summed E-state index contributed by atoms with van der Waals surface area (Å²) in [5.74, 6) is 0.598. The fourth-order valence-corrected chi connectivity index (χ4v) is 3.17. The predicted molar refractivity (Wildman–Crippen MR) is 117 cm³/mol. The summed E-state index contributed by atoms with van der Waals surface area (Å²) in [7, 11) is 5.55. The molecule has 2 rings (SSSR count).